The molecule has 0 aromatic heterocycles. The summed E-state index contributed by atoms with van der Waals surface area (Å²) in [4.78, 5) is 11.5. The number of ether oxygens (including phenoxy) is 2. The lowest BCUT2D eigenvalue weighted by Crippen LogP contribution is -2.46. The van der Waals surface area contributed by atoms with Crippen LogP contribution in [0.5, 0.6) is 0 Å². The van der Waals surface area contributed by atoms with Crippen molar-refractivity contribution in [3.05, 3.63) is 0 Å². The number of nitrogens with two attached hydrogens (primary N) is 1. The van der Waals surface area contributed by atoms with Gasteiger partial charge in [-0.05, 0) is 25.2 Å². The topological polar surface area (TPSA) is 61.5 Å². The molecule has 100 valence electrons. The fraction of sp³-hybridized carbons (Fsp3) is 0.923. The second kappa shape index (κ2) is 6.36. The molecule has 1 rings (SSSR count). The van der Waals surface area contributed by atoms with E-state index in [2.05, 4.69) is 13.8 Å². The standard InChI is InChI=1S/C13H25NO3/c1-4-5-10(2)9-17-11-6-7-13(14,8-11)12(15)16-3/h10-11H,4-9,14H2,1-3H3. The minimum absolute atomic E-state index is 0.110. The summed E-state index contributed by atoms with van der Waals surface area (Å²) in [6.07, 6.45) is 4.56. The van der Waals surface area contributed by atoms with Gasteiger partial charge in [-0.3, -0.25) is 4.79 Å². The van der Waals surface area contributed by atoms with Crippen LogP contribution in [0.15, 0.2) is 0 Å². The van der Waals surface area contributed by atoms with E-state index in [1.54, 1.807) is 0 Å². The molecule has 3 unspecified atom stereocenters. The molecule has 0 radical (unpaired) electrons. The Hall–Kier alpha value is -0.610. The number of hydrogen-bond acceptors (Lipinski definition) is 4. The number of carbonyl (C=O) groups is 1. The first kappa shape index (κ1) is 14.5. The molecule has 17 heavy (non-hydrogen) atoms. The molecule has 1 fully saturated rings. The molecule has 0 spiro atoms. The summed E-state index contributed by atoms with van der Waals surface area (Å²) in [5.41, 5.74) is 5.19. The van der Waals surface area contributed by atoms with E-state index in [9.17, 15) is 4.79 Å². The minimum atomic E-state index is -0.826. The summed E-state index contributed by atoms with van der Waals surface area (Å²) >= 11 is 0. The van der Waals surface area contributed by atoms with Crippen molar-refractivity contribution >= 4 is 5.97 Å². The first-order valence-electron chi connectivity index (χ1n) is 6.50. The Kier molecular flexibility index (Phi) is 5.40. The summed E-state index contributed by atoms with van der Waals surface area (Å²) in [5, 5.41) is 0. The van der Waals surface area contributed by atoms with E-state index in [4.69, 9.17) is 15.2 Å². The van der Waals surface area contributed by atoms with Crippen molar-refractivity contribution in [2.45, 2.75) is 57.6 Å². The first-order valence-corrected chi connectivity index (χ1v) is 6.50. The minimum Gasteiger partial charge on any atom is -0.468 e. The van der Waals surface area contributed by atoms with E-state index in [1.807, 2.05) is 0 Å². The molecule has 2 N–H and O–H groups in total. The van der Waals surface area contributed by atoms with Crippen LogP contribution in [-0.4, -0.2) is 31.3 Å². The number of carbonyl (C=O) groups excluding carboxylic acids is 1. The van der Waals surface area contributed by atoms with Crippen LogP contribution >= 0.6 is 0 Å². The monoisotopic (exact) mass is 243 g/mol. The maximum atomic E-state index is 11.5. The van der Waals surface area contributed by atoms with E-state index in [0.717, 1.165) is 13.0 Å². The van der Waals surface area contributed by atoms with Gasteiger partial charge in [-0.15, -0.1) is 0 Å². The molecule has 1 aliphatic carbocycles. The van der Waals surface area contributed by atoms with Gasteiger partial charge in [0.05, 0.1) is 13.2 Å². The average molecular weight is 243 g/mol. The smallest absolute Gasteiger partial charge is 0.325 e. The summed E-state index contributed by atoms with van der Waals surface area (Å²) in [5.74, 6) is 0.260. The SMILES string of the molecule is CCCC(C)COC1CCC(N)(C(=O)OC)C1. The van der Waals surface area contributed by atoms with Crippen molar-refractivity contribution < 1.29 is 14.3 Å². The second-order valence-electron chi connectivity index (χ2n) is 5.24. The highest BCUT2D eigenvalue weighted by Gasteiger charge is 2.43. The van der Waals surface area contributed by atoms with Crippen LogP contribution in [0.2, 0.25) is 0 Å². The number of methoxy groups -OCH3 is 1. The van der Waals surface area contributed by atoms with Crippen LogP contribution in [-0.2, 0) is 14.3 Å². The van der Waals surface area contributed by atoms with Gasteiger partial charge in [0.1, 0.15) is 5.54 Å². The molecule has 4 heteroatoms. The Bertz CT molecular complexity index is 257. The summed E-state index contributed by atoms with van der Waals surface area (Å²) in [6.45, 7) is 5.12. The molecule has 0 aliphatic heterocycles. The molecule has 0 aromatic carbocycles. The zero-order valence-electron chi connectivity index (χ0n) is 11.2. The fourth-order valence-electron chi connectivity index (χ4n) is 2.44. The lowest BCUT2D eigenvalue weighted by molar-refractivity contribution is -0.147. The number of rotatable bonds is 6. The van der Waals surface area contributed by atoms with Crippen LogP contribution in [0.25, 0.3) is 0 Å². The quantitative estimate of drug-likeness (QED) is 0.723. The zero-order chi connectivity index (χ0) is 12.9. The molecule has 0 bridgehead atoms. The average Bonchev–Trinajstić information content (AvgIpc) is 2.69. The van der Waals surface area contributed by atoms with Gasteiger partial charge < -0.3 is 15.2 Å². The van der Waals surface area contributed by atoms with Crippen LogP contribution in [0, 0.1) is 5.92 Å². The van der Waals surface area contributed by atoms with E-state index >= 15 is 0 Å². The van der Waals surface area contributed by atoms with Gasteiger partial charge in [0, 0.05) is 13.0 Å². The third-order valence-electron chi connectivity index (χ3n) is 3.49. The van der Waals surface area contributed by atoms with Crippen LogP contribution < -0.4 is 5.73 Å². The number of hydrogen-bond donors (Lipinski definition) is 1. The third-order valence-corrected chi connectivity index (χ3v) is 3.49. The van der Waals surface area contributed by atoms with Crippen molar-refractivity contribution in [1.82, 2.24) is 0 Å². The molecular weight excluding hydrogens is 218 g/mol. The Labute approximate surface area is 104 Å². The van der Waals surface area contributed by atoms with Crippen LogP contribution in [0.4, 0.5) is 0 Å². The van der Waals surface area contributed by atoms with Crippen LogP contribution in [0.1, 0.15) is 46.0 Å². The third kappa shape index (κ3) is 3.96. The fourth-order valence-corrected chi connectivity index (χ4v) is 2.44. The van der Waals surface area contributed by atoms with Gasteiger partial charge in [-0.2, -0.15) is 0 Å². The van der Waals surface area contributed by atoms with Crippen LogP contribution in [0.3, 0.4) is 0 Å². The van der Waals surface area contributed by atoms with Crippen molar-refractivity contribution in [1.29, 1.82) is 0 Å². The zero-order valence-corrected chi connectivity index (χ0v) is 11.2. The predicted molar refractivity (Wildman–Crippen MR) is 66.6 cm³/mol. The molecular formula is C13H25NO3. The Balaban J connectivity index is 2.33. The molecule has 3 atom stereocenters. The van der Waals surface area contributed by atoms with E-state index < -0.39 is 5.54 Å². The molecule has 0 saturated heterocycles. The van der Waals surface area contributed by atoms with Gasteiger partial charge in [0.25, 0.3) is 0 Å². The van der Waals surface area contributed by atoms with E-state index in [0.29, 0.717) is 18.8 Å². The van der Waals surface area contributed by atoms with E-state index in [1.165, 1.54) is 20.0 Å². The summed E-state index contributed by atoms with van der Waals surface area (Å²) < 4.78 is 10.5. The van der Waals surface area contributed by atoms with Gasteiger partial charge in [0.15, 0.2) is 0 Å². The lowest BCUT2D eigenvalue weighted by atomic mass is 9.99. The Morgan fingerprint density at radius 3 is 2.88 bits per heavy atom. The molecule has 4 nitrogen and oxygen atoms in total. The van der Waals surface area contributed by atoms with Crippen molar-refractivity contribution in [3.63, 3.8) is 0 Å². The molecule has 0 aromatic rings. The highest BCUT2D eigenvalue weighted by Crippen LogP contribution is 2.31. The van der Waals surface area contributed by atoms with E-state index in [-0.39, 0.29) is 12.1 Å². The predicted octanol–water partition coefficient (Wildman–Crippen LogP) is 1.86. The Morgan fingerprint density at radius 2 is 2.29 bits per heavy atom. The van der Waals surface area contributed by atoms with Gasteiger partial charge in [-0.25, -0.2) is 0 Å². The number of esters is 1. The summed E-state index contributed by atoms with van der Waals surface area (Å²) in [6, 6.07) is 0. The van der Waals surface area contributed by atoms with Crippen molar-refractivity contribution in [2.75, 3.05) is 13.7 Å². The normalized spacial score (nSPS) is 30.2. The van der Waals surface area contributed by atoms with Crippen molar-refractivity contribution in [3.8, 4) is 0 Å². The largest absolute Gasteiger partial charge is 0.468 e. The molecule has 1 saturated carbocycles. The maximum absolute atomic E-state index is 11.5. The van der Waals surface area contributed by atoms with Gasteiger partial charge >= 0.3 is 5.97 Å². The van der Waals surface area contributed by atoms with Crippen molar-refractivity contribution in [2.24, 2.45) is 11.7 Å². The van der Waals surface area contributed by atoms with Gasteiger partial charge in [0.2, 0.25) is 0 Å². The first-order chi connectivity index (χ1) is 8.01. The maximum Gasteiger partial charge on any atom is 0.325 e. The second-order valence-corrected chi connectivity index (χ2v) is 5.24. The highest BCUT2D eigenvalue weighted by atomic mass is 16.5. The Morgan fingerprint density at radius 1 is 1.59 bits per heavy atom. The highest BCUT2D eigenvalue weighted by molar-refractivity contribution is 5.80. The molecule has 0 heterocycles. The lowest BCUT2D eigenvalue weighted by Gasteiger charge is -2.21. The molecule has 1 aliphatic rings. The summed E-state index contributed by atoms with van der Waals surface area (Å²) in [7, 11) is 1.38. The molecule has 0 amide bonds. The van der Waals surface area contributed by atoms with Gasteiger partial charge in [-0.1, -0.05) is 20.3 Å².